The van der Waals surface area contributed by atoms with Crippen LogP contribution in [0.15, 0.2) is 126 Å². The Morgan fingerprint density at radius 1 is 0.438 bits per heavy atom. The number of halogens is 1. The largest absolute Gasteiger partial charge is 0.309 e. The highest BCUT2D eigenvalue weighted by molar-refractivity contribution is 9.10. The molecule has 0 bridgehead atoms. The van der Waals surface area contributed by atoms with Crippen molar-refractivity contribution in [2.75, 3.05) is 0 Å². The third-order valence-corrected chi connectivity index (χ3v) is 6.60. The molecule has 0 radical (unpaired) electrons. The van der Waals surface area contributed by atoms with Gasteiger partial charge in [-0.05, 0) is 58.7 Å². The van der Waals surface area contributed by atoms with Crippen molar-refractivity contribution in [3.8, 4) is 27.9 Å². The van der Waals surface area contributed by atoms with Crippen LogP contribution in [0.3, 0.4) is 0 Å². The molecule has 6 aromatic rings. The maximum absolute atomic E-state index is 3.58. The normalized spacial score (nSPS) is 11.3. The van der Waals surface area contributed by atoms with Gasteiger partial charge >= 0.3 is 0 Å². The second kappa shape index (κ2) is 7.81. The fourth-order valence-corrected chi connectivity index (χ4v) is 4.77. The maximum atomic E-state index is 3.58. The Morgan fingerprint density at radius 3 is 1.38 bits per heavy atom. The Labute approximate surface area is 195 Å². The van der Waals surface area contributed by atoms with Gasteiger partial charge in [-0.25, -0.2) is 0 Å². The van der Waals surface area contributed by atoms with Gasteiger partial charge in [-0.3, -0.25) is 0 Å². The van der Waals surface area contributed by atoms with Crippen LogP contribution < -0.4 is 0 Å². The number of rotatable bonds is 3. The van der Waals surface area contributed by atoms with Crippen LogP contribution in [0.2, 0.25) is 0 Å². The molecule has 1 aromatic heterocycles. The molecule has 0 spiro atoms. The summed E-state index contributed by atoms with van der Waals surface area (Å²) in [7, 11) is 0. The molecule has 5 aromatic carbocycles. The van der Waals surface area contributed by atoms with E-state index in [1.165, 1.54) is 44.1 Å². The summed E-state index contributed by atoms with van der Waals surface area (Å²) in [6.45, 7) is 0. The van der Waals surface area contributed by atoms with Crippen molar-refractivity contribution in [1.29, 1.82) is 0 Å². The number of hydrogen-bond acceptors (Lipinski definition) is 0. The molecular weight excluding hydrogens is 454 g/mol. The van der Waals surface area contributed by atoms with E-state index in [-0.39, 0.29) is 0 Å². The molecule has 0 unspecified atom stereocenters. The zero-order valence-corrected chi connectivity index (χ0v) is 19.0. The molecule has 0 aliphatic rings. The average Bonchev–Trinajstić information content (AvgIpc) is 3.18. The molecule has 0 atom stereocenters. The summed E-state index contributed by atoms with van der Waals surface area (Å²) >= 11 is 3.58. The number of hydrogen-bond donors (Lipinski definition) is 0. The molecule has 0 aliphatic carbocycles. The highest BCUT2D eigenvalue weighted by Crippen LogP contribution is 2.37. The van der Waals surface area contributed by atoms with Gasteiger partial charge in [0.05, 0.1) is 11.0 Å². The van der Waals surface area contributed by atoms with Gasteiger partial charge in [-0.15, -0.1) is 0 Å². The first-order chi connectivity index (χ1) is 15.8. The molecule has 2 heteroatoms. The molecule has 0 saturated carbocycles. The molecule has 32 heavy (non-hydrogen) atoms. The molecule has 0 amide bonds. The first-order valence-electron chi connectivity index (χ1n) is 10.7. The van der Waals surface area contributed by atoms with E-state index in [9.17, 15) is 0 Å². The van der Waals surface area contributed by atoms with Crippen molar-refractivity contribution in [3.05, 3.63) is 126 Å². The summed E-state index contributed by atoms with van der Waals surface area (Å²) in [5.74, 6) is 0. The van der Waals surface area contributed by atoms with E-state index in [4.69, 9.17) is 0 Å². The van der Waals surface area contributed by atoms with Crippen molar-refractivity contribution < 1.29 is 0 Å². The van der Waals surface area contributed by atoms with E-state index >= 15 is 0 Å². The zero-order chi connectivity index (χ0) is 21.5. The predicted octanol–water partition coefficient (Wildman–Crippen LogP) is 8.88. The highest BCUT2D eigenvalue weighted by atomic mass is 79.9. The van der Waals surface area contributed by atoms with Crippen LogP contribution in [0.25, 0.3) is 49.7 Å². The van der Waals surface area contributed by atoms with Crippen LogP contribution in [-0.2, 0) is 0 Å². The SMILES string of the molecule is Brc1ccc(-n2c3cc(-c4ccccc4)ccc3c3ccc(-c4ccccc4)cc32)cc1. The van der Waals surface area contributed by atoms with Crippen molar-refractivity contribution in [2.45, 2.75) is 0 Å². The number of benzene rings is 5. The lowest BCUT2D eigenvalue weighted by molar-refractivity contribution is 1.18. The first kappa shape index (κ1) is 19.1. The van der Waals surface area contributed by atoms with Gasteiger partial charge in [-0.2, -0.15) is 0 Å². The zero-order valence-electron chi connectivity index (χ0n) is 17.4. The Morgan fingerprint density at radius 2 is 0.906 bits per heavy atom. The lowest BCUT2D eigenvalue weighted by atomic mass is 10.0. The summed E-state index contributed by atoms with van der Waals surface area (Å²) in [4.78, 5) is 0. The van der Waals surface area contributed by atoms with E-state index in [0.29, 0.717) is 0 Å². The number of fused-ring (bicyclic) bond motifs is 3. The Kier molecular flexibility index (Phi) is 4.66. The van der Waals surface area contributed by atoms with Gasteiger partial charge in [0, 0.05) is 20.9 Å². The van der Waals surface area contributed by atoms with Gasteiger partial charge in [0.1, 0.15) is 0 Å². The second-order valence-electron chi connectivity index (χ2n) is 8.01. The van der Waals surface area contributed by atoms with Crippen molar-refractivity contribution in [3.63, 3.8) is 0 Å². The summed E-state index contributed by atoms with van der Waals surface area (Å²) < 4.78 is 3.47. The highest BCUT2D eigenvalue weighted by Gasteiger charge is 2.14. The Balaban J connectivity index is 1.67. The van der Waals surface area contributed by atoms with Crippen LogP contribution >= 0.6 is 15.9 Å². The minimum absolute atomic E-state index is 1.08. The minimum Gasteiger partial charge on any atom is -0.309 e. The lowest BCUT2D eigenvalue weighted by Gasteiger charge is -2.10. The number of aromatic nitrogens is 1. The van der Waals surface area contributed by atoms with Gasteiger partial charge in [0.25, 0.3) is 0 Å². The smallest absolute Gasteiger partial charge is 0.0547 e. The standard InChI is InChI=1S/C30H20BrN/c31-25-13-15-26(16-14-25)32-29-19-23(21-7-3-1-4-8-21)11-17-27(29)28-18-12-24(20-30(28)32)22-9-5-2-6-10-22/h1-20H. The van der Waals surface area contributed by atoms with E-state index in [1.807, 2.05) is 0 Å². The van der Waals surface area contributed by atoms with Crippen molar-refractivity contribution in [2.24, 2.45) is 0 Å². The fraction of sp³-hybridized carbons (Fsp3) is 0. The van der Waals surface area contributed by atoms with Crippen LogP contribution in [0.5, 0.6) is 0 Å². The third-order valence-electron chi connectivity index (χ3n) is 6.07. The van der Waals surface area contributed by atoms with Crippen molar-refractivity contribution in [1.82, 2.24) is 4.57 Å². The van der Waals surface area contributed by atoms with E-state index < -0.39 is 0 Å². The molecule has 152 valence electrons. The molecular formula is C30H20BrN. The molecule has 1 heterocycles. The lowest BCUT2D eigenvalue weighted by Crippen LogP contribution is -1.94. The van der Waals surface area contributed by atoms with E-state index in [1.54, 1.807) is 0 Å². The summed E-state index contributed by atoms with van der Waals surface area (Å²) in [6, 6.07) is 43.3. The van der Waals surface area contributed by atoms with E-state index in [0.717, 1.165) is 10.2 Å². The Hall–Kier alpha value is -3.62. The van der Waals surface area contributed by atoms with Gasteiger partial charge in [0.15, 0.2) is 0 Å². The van der Waals surface area contributed by atoms with Crippen LogP contribution in [0.1, 0.15) is 0 Å². The molecule has 0 fully saturated rings. The van der Waals surface area contributed by atoms with E-state index in [2.05, 4.69) is 142 Å². The average molecular weight is 474 g/mol. The molecule has 0 saturated heterocycles. The van der Waals surface area contributed by atoms with Gasteiger partial charge in [0.2, 0.25) is 0 Å². The summed E-state index contributed by atoms with van der Waals surface area (Å²) in [5, 5.41) is 2.53. The van der Waals surface area contributed by atoms with Gasteiger partial charge < -0.3 is 4.57 Å². The first-order valence-corrected chi connectivity index (χ1v) is 11.5. The minimum atomic E-state index is 1.08. The van der Waals surface area contributed by atoms with Crippen molar-refractivity contribution >= 4 is 37.7 Å². The molecule has 6 rings (SSSR count). The monoisotopic (exact) mass is 473 g/mol. The topological polar surface area (TPSA) is 4.93 Å². The van der Waals surface area contributed by atoms with Crippen LogP contribution in [0, 0.1) is 0 Å². The van der Waals surface area contributed by atoms with Gasteiger partial charge in [-0.1, -0.05) is 101 Å². The second-order valence-corrected chi connectivity index (χ2v) is 8.92. The predicted molar refractivity (Wildman–Crippen MR) is 139 cm³/mol. The molecule has 0 aliphatic heterocycles. The van der Waals surface area contributed by atoms with Crippen LogP contribution in [0.4, 0.5) is 0 Å². The summed E-state index contributed by atoms with van der Waals surface area (Å²) in [6.07, 6.45) is 0. The third kappa shape index (κ3) is 3.24. The quantitative estimate of drug-likeness (QED) is 0.241. The number of nitrogens with zero attached hydrogens (tertiary/aromatic N) is 1. The molecule has 1 nitrogen and oxygen atoms in total. The summed E-state index contributed by atoms with van der Waals surface area (Å²) in [5.41, 5.74) is 8.50. The fourth-order valence-electron chi connectivity index (χ4n) is 4.51. The maximum Gasteiger partial charge on any atom is 0.0547 e. The van der Waals surface area contributed by atoms with Crippen LogP contribution in [-0.4, -0.2) is 4.57 Å². The molecule has 0 N–H and O–H groups in total. The Bertz CT molecular complexity index is 1450.